The first kappa shape index (κ1) is 28.2. The molecular formula is C27H44O5. The predicted octanol–water partition coefficient (Wildman–Crippen LogP) is 7.07. The smallest absolute Gasteiger partial charge is 0.303 e. The molecule has 1 aromatic carbocycles. The molecule has 0 fully saturated rings. The molecule has 1 rings (SSSR count). The first-order valence-corrected chi connectivity index (χ1v) is 12.6. The molecule has 0 aliphatic heterocycles. The van der Waals surface area contributed by atoms with Gasteiger partial charge in [0.05, 0.1) is 13.2 Å². The molecule has 5 heteroatoms. The van der Waals surface area contributed by atoms with Gasteiger partial charge in [0.2, 0.25) is 0 Å². The highest BCUT2D eigenvalue weighted by molar-refractivity contribution is 5.66. The second-order valence-electron chi connectivity index (χ2n) is 8.76. The van der Waals surface area contributed by atoms with E-state index >= 15 is 0 Å². The van der Waals surface area contributed by atoms with Crippen LogP contribution in [0.1, 0.15) is 109 Å². The first-order valence-electron chi connectivity index (χ1n) is 12.6. The summed E-state index contributed by atoms with van der Waals surface area (Å²) in [6.45, 7) is 2.46. The second-order valence-corrected chi connectivity index (χ2v) is 8.76. The lowest BCUT2D eigenvalue weighted by Gasteiger charge is -2.17. The lowest BCUT2D eigenvalue weighted by atomic mass is 10.0. The predicted molar refractivity (Wildman–Crippen MR) is 129 cm³/mol. The maximum absolute atomic E-state index is 11.4. The molecule has 1 aromatic rings. The van der Waals surface area contributed by atoms with Crippen molar-refractivity contribution in [2.45, 2.75) is 116 Å². The summed E-state index contributed by atoms with van der Waals surface area (Å²) in [5, 5.41) is 8.60. The minimum Gasteiger partial charge on any atom is -0.481 e. The van der Waals surface area contributed by atoms with Crippen molar-refractivity contribution < 1.29 is 24.2 Å². The zero-order valence-electron chi connectivity index (χ0n) is 20.1. The van der Waals surface area contributed by atoms with Crippen molar-refractivity contribution in [1.82, 2.24) is 0 Å². The molecule has 0 saturated carbocycles. The van der Waals surface area contributed by atoms with E-state index < -0.39 is 5.97 Å². The Balaban J connectivity index is 1.93. The van der Waals surface area contributed by atoms with E-state index in [4.69, 9.17) is 14.6 Å². The third kappa shape index (κ3) is 17.8. The average Bonchev–Trinajstić information content (AvgIpc) is 2.76. The quantitative estimate of drug-likeness (QED) is 0.161. The van der Waals surface area contributed by atoms with Crippen molar-refractivity contribution in [3.8, 4) is 0 Å². The molecule has 0 bridgehead atoms. The molecular weight excluding hydrogens is 404 g/mol. The van der Waals surface area contributed by atoms with Gasteiger partial charge in [0.1, 0.15) is 6.10 Å². The summed E-state index contributed by atoms with van der Waals surface area (Å²) in [7, 11) is 0. The van der Waals surface area contributed by atoms with Gasteiger partial charge in [-0.25, -0.2) is 0 Å². The third-order valence-electron chi connectivity index (χ3n) is 5.66. The number of benzene rings is 1. The van der Waals surface area contributed by atoms with Crippen LogP contribution in [0.5, 0.6) is 0 Å². The monoisotopic (exact) mass is 448 g/mol. The molecule has 182 valence electrons. The van der Waals surface area contributed by atoms with Gasteiger partial charge in [-0.05, 0) is 24.8 Å². The highest BCUT2D eigenvalue weighted by Gasteiger charge is 2.12. The number of hydrogen-bond acceptors (Lipinski definition) is 4. The number of unbranched alkanes of at least 4 members (excludes halogenated alkanes) is 12. The summed E-state index contributed by atoms with van der Waals surface area (Å²) >= 11 is 0. The van der Waals surface area contributed by atoms with Crippen LogP contribution in [0.15, 0.2) is 30.3 Å². The third-order valence-corrected chi connectivity index (χ3v) is 5.66. The molecule has 0 saturated heterocycles. The Morgan fingerprint density at radius 1 is 0.781 bits per heavy atom. The Bertz CT molecular complexity index is 587. The van der Waals surface area contributed by atoms with Crippen LogP contribution >= 0.6 is 0 Å². The fourth-order valence-corrected chi connectivity index (χ4v) is 3.89. The van der Waals surface area contributed by atoms with Crippen molar-refractivity contribution in [2.75, 3.05) is 6.61 Å². The van der Waals surface area contributed by atoms with Crippen LogP contribution in [-0.2, 0) is 25.7 Å². The second kappa shape index (κ2) is 19.8. The number of carbonyl (C=O) groups is 2. The number of carbonyl (C=O) groups excluding carboxylic acids is 1. The Morgan fingerprint density at radius 2 is 1.28 bits per heavy atom. The van der Waals surface area contributed by atoms with Gasteiger partial charge in [-0.1, -0.05) is 101 Å². The zero-order chi connectivity index (χ0) is 23.3. The van der Waals surface area contributed by atoms with Crippen LogP contribution in [0, 0.1) is 0 Å². The van der Waals surface area contributed by atoms with Crippen molar-refractivity contribution in [3.05, 3.63) is 35.9 Å². The molecule has 0 aliphatic carbocycles. The number of carboxylic acids is 1. The van der Waals surface area contributed by atoms with E-state index in [1.54, 1.807) is 0 Å². The lowest BCUT2D eigenvalue weighted by molar-refractivity contribution is -0.150. The highest BCUT2D eigenvalue weighted by atomic mass is 16.6. The average molecular weight is 449 g/mol. The minimum absolute atomic E-state index is 0.152. The minimum atomic E-state index is -0.679. The molecule has 0 amide bonds. The van der Waals surface area contributed by atoms with Crippen LogP contribution < -0.4 is 0 Å². The molecule has 5 nitrogen and oxygen atoms in total. The van der Waals surface area contributed by atoms with Gasteiger partial charge in [0.25, 0.3) is 0 Å². The molecule has 1 N–H and O–H groups in total. The maximum Gasteiger partial charge on any atom is 0.303 e. The van der Waals surface area contributed by atoms with E-state index in [9.17, 15) is 9.59 Å². The molecule has 0 aromatic heterocycles. The van der Waals surface area contributed by atoms with Crippen LogP contribution in [0.25, 0.3) is 0 Å². The molecule has 0 aliphatic rings. The Morgan fingerprint density at radius 3 is 1.78 bits per heavy atom. The van der Waals surface area contributed by atoms with E-state index in [-0.39, 0.29) is 12.1 Å². The van der Waals surface area contributed by atoms with Crippen LogP contribution in [-0.4, -0.2) is 29.8 Å². The summed E-state index contributed by atoms with van der Waals surface area (Å²) in [4.78, 5) is 21.8. The van der Waals surface area contributed by atoms with Crippen LogP contribution in [0.3, 0.4) is 0 Å². The van der Waals surface area contributed by atoms with Gasteiger partial charge in [-0.2, -0.15) is 0 Å². The van der Waals surface area contributed by atoms with E-state index in [0.717, 1.165) is 31.2 Å². The van der Waals surface area contributed by atoms with E-state index in [0.29, 0.717) is 19.6 Å². The molecule has 1 atom stereocenters. The summed E-state index contributed by atoms with van der Waals surface area (Å²) in [5.74, 6) is -0.916. The molecule has 0 radical (unpaired) electrons. The number of rotatable bonds is 21. The summed E-state index contributed by atoms with van der Waals surface area (Å²) < 4.78 is 11.2. The topological polar surface area (TPSA) is 72.8 Å². The molecule has 0 spiro atoms. The fourth-order valence-electron chi connectivity index (χ4n) is 3.89. The standard InChI is InChI=1S/C27H44O5/c1-24(28)32-26(23-31-22-25-18-14-13-15-19-25)20-16-11-9-7-5-3-2-4-6-8-10-12-17-21-27(29)30/h13-15,18-19,26H,2-12,16-17,20-23H2,1H3,(H,29,30). The summed E-state index contributed by atoms with van der Waals surface area (Å²) in [5.41, 5.74) is 1.13. The Labute approximate surface area is 194 Å². The van der Waals surface area contributed by atoms with Crippen molar-refractivity contribution in [1.29, 1.82) is 0 Å². The van der Waals surface area contributed by atoms with Gasteiger partial charge >= 0.3 is 11.9 Å². The van der Waals surface area contributed by atoms with Crippen molar-refractivity contribution in [2.24, 2.45) is 0 Å². The number of esters is 1. The number of ether oxygens (including phenoxy) is 2. The Hall–Kier alpha value is -1.88. The maximum atomic E-state index is 11.4. The number of hydrogen-bond donors (Lipinski definition) is 1. The summed E-state index contributed by atoms with van der Waals surface area (Å²) in [6.07, 6.45) is 16.5. The van der Waals surface area contributed by atoms with Crippen molar-refractivity contribution in [3.63, 3.8) is 0 Å². The van der Waals surface area contributed by atoms with Crippen molar-refractivity contribution >= 4 is 11.9 Å². The van der Waals surface area contributed by atoms with Gasteiger partial charge in [0.15, 0.2) is 0 Å². The number of carboxylic acid groups (broad SMARTS) is 1. The molecule has 1 unspecified atom stereocenters. The van der Waals surface area contributed by atoms with Crippen LogP contribution in [0.4, 0.5) is 0 Å². The van der Waals surface area contributed by atoms with Gasteiger partial charge in [-0.15, -0.1) is 0 Å². The Kier molecular flexibility index (Phi) is 17.4. The normalized spacial score (nSPS) is 11.9. The largest absolute Gasteiger partial charge is 0.481 e. The number of aliphatic carboxylic acids is 1. The fraction of sp³-hybridized carbons (Fsp3) is 0.704. The first-order chi connectivity index (χ1) is 15.6. The van der Waals surface area contributed by atoms with E-state index in [1.165, 1.54) is 71.1 Å². The van der Waals surface area contributed by atoms with Gasteiger partial charge < -0.3 is 14.6 Å². The summed E-state index contributed by atoms with van der Waals surface area (Å²) in [6, 6.07) is 10.0. The zero-order valence-corrected chi connectivity index (χ0v) is 20.1. The SMILES string of the molecule is CC(=O)OC(CCCCCCCCCCCCCCCC(=O)O)COCc1ccccc1. The van der Waals surface area contributed by atoms with Gasteiger partial charge in [0, 0.05) is 13.3 Å². The van der Waals surface area contributed by atoms with Gasteiger partial charge in [-0.3, -0.25) is 9.59 Å². The van der Waals surface area contributed by atoms with E-state index in [2.05, 4.69) is 0 Å². The van der Waals surface area contributed by atoms with E-state index in [1.807, 2.05) is 30.3 Å². The lowest BCUT2D eigenvalue weighted by Crippen LogP contribution is -2.22. The molecule has 32 heavy (non-hydrogen) atoms. The highest BCUT2D eigenvalue weighted by Crippen LogP contribution is 2.15. The van der Waals surface area contributed by atoms with Crippen LogP contribution in [0.2, 0.25) is 0 Å². The molecule has 0 heterocycles.